The van der Waals surface area contributed by atoms with Crippen LogP contribution in [0.25, 0.3) is 0 Å². The molecular weight excluding hydrogens is 383 g/mol. The molecule has 0 spiro atoms. The van der Waals surface area contributed by atoms with E-state index in [4.69, 9.17) is 4.74 Å². The molecule has 0 saturated carbocycles. The van der Waals surface area contributed by atoms with Crippen LogP contribution in [0.3, 0.4) is 0 Å². The van der Waals surface area contributed by atoms with E-state index in [1.807, 2.05) is 34.1 Å². The lowest BCUT2D eigenvalue weighted by molar-refractivity contribution is 0.0632. The monoisotopic (exact) mass is 410 g/mol. The van der Waals surface area contributed by atoms with Crippen molar-refractivity contribution in [3.8, 4) is 5.75 Å². The van der Waals surface area contributed by atoms with Crippen LogP contribution in [0.2, 0.25) is 0 Å². The lowest BCUT2D eigenvalue weighted by Crippen LogP contribution is -2.41. The van der Waals surface area contributed by atoms with Gasteiger partial charge in [-0.2, -0.15) is 0 Å². The predicted molar refractivity (Wildman–Crippen MR) is 112 cm³/mol. The van der Waals surface area contributed by atoms with Gasteiger partial charge in [0.15, 0.2) is 0 Å². The number of halogens is 1. The molecule has 2 aromatic rings. The average Bonchev–Trinajstić information content (AvgIpc) is 3.33. The van der Waals surface area contributed by atoms with E-state index in [0.717, 1.165) is 38.8 Å². The van der Waals surface area contributed by atoms with Gasteiger partial charge in [-0.1, -0.05) is 6.07 Å². The summed E-state index contributed by atoms with van der Waals surface area (Å²) in [6.07, 6.45) is 4.03. The van der Waals surface area contributed by atoms with Gasteiger partial charge in [0, 0.05) is 43.2 Å². The normalized spacial score (nSPS) is 19.0. The summed E-state index contributed by atoms with van der Waals surface area (Å²) in [5, 5.41) is 0. The van der Waals surface area contributed by atoms with Gasteiger partial charge in [0.2, 0.25) is 0 Å². The maximum atomic E-state index is 13.1. The Labute approximate surface area is 176 Å². The van der Waals surface area contributed by atoms with Gasteiger partial charge in [-0.15, -0.1) is 0 Å². The van der Waals surface area contributed by atoms with Gasteiger partial charge in [-0.05, 0) is 68.1 Å². The van der Waals surface area contributed by atoms with Crippen molar-refractivity contribution in [3.05, 3.63) is 65.5 Å². The molecule has 0 aromatic heterocycles. The van der Waals surface area contributed by atoms with Gasteiger partial charge in [-0.3, -0.25) is 9.59 Å². The van der Waals surface area contributed by atoms with Gasteiger partial charge in [0.05, 0.1) is 6.61 Å². The molecule has 1 atom stereocenters. The topological polar surface area (TPSA) is 49.9 Å². The Morgan fingerprint density at radius 3 is 2.37 bits per heavy atom. The zero-order valence-corrected chi connectivity index (χ0v) is 17.1. The molecule has 158 valence electrons. The summed E-state index contributed by atoms with van der Waals surface area (Å²) in [5.41, 5.74) is 1.16. The largest absolute Gasteiger partial charge is 0.493 e. The summed E-state index contributed by atoms with van der Waals surface area (Å²) in [6.45, 7) is 3.46. The Morgan fingerprint density at radius 2 is 1.60 bits per heavy atom. The molecule has 4 rings (SSSR count). The number of nitrogens with zero attached hydrogens (tertiary/aromatic N) is 2. The SMILES string of the molecule is O=C(c1cccc(OC[C@@H]2CCCN(C(=O)c3ccc(F)cc3)C2)c1)N1CCCC1. The van der Waals surface area contributed by atoms with E-state index in [2.05, 4.69) is 0 Å². The van der Waals surface area contributed by atoms with Crippen molar-refractivity contribution in [2.45, 2.75) is 25.7 Å². The first-order chi connectivity index (χ1) is 14.6. The lowest BCUT2D eigenvalue weighted by Gasteiger charge is -2.32. The van der Waals surface area contributed by atoms with E-state index in [-0.39, 0.29) is 23.5 Å². The van der Waals surface area contributed by atoms with Gasteiger partial charge < -0.3 is 14.5 Å². The Bertz CT molecular complexity index is 894. The molecule has 0 N–H and O–H groups in total. The highest BCUT2D eigenvalue weighted by molar-refractivity contribution is 5.95. The Kier molecular flexibility index (Phi) is 6.31. The second-order valence-corrected chi connectivity index (χ2v) is 8.10. The van der Waals surface area contributed by atoms with Crippen molar-refractivity contribution in [3.63, 3.8) is 0 Å². The van der Waals surface area contributed by atoms with Gasteiger partial charge in [-0.25, -0.2) is 4.39 Å². The number of likely N-dealkylation sites (tertiary alicyclic amines) is 2. The van der Waals surface area contributed by atoms with Crippen molar-refractivity contribution >= 4 is 11.8 Å². The number of hydrogen-bond acceptors (Lipinski definition) is 3. The van der Waals surface area contributed by atoms with Crippen molar-refractivity contribution in [2.24, 2.45) is 5.92 Å². The number of amides is 2. The lowest BCUT2D eigenvalue weighted by atomic mass is 9.98. The summed E-state index contributed by atoms with van der Waals surface area (Å²) in [7, 11) is 0. The molecule has 2 saturated heterocycles. The van der Waals surface area contributed by atoms with Crippen molar-refractivity contribution in [1.82, 2.24) is 9.80 Å². The van der Waals surface area contributed by atoms with Gasteiger partial charge in [0.25, 0.3) is 11.8 Å². The van der Waals surface area contributed by atoms with Crippen LogP contribution in [0.1, 0.15) is 46.4 Å². The smallest absolute Gasteiger partial charge is 0.253 e. The van der Waals surface area contributed by atoms with E-state index >= 15 is 0 Å². The maximum absolute atomic E-state index is 13.1. The number of carbonyl (C=O) groups excluding carboxylic acids is 2. The minimum Gasteiger partial charge on any atom is -0.493 e. The second-order valence-electron chi connectivity index (χ2n) is 8.10. The highest BCUT2D eigenvalue weighted by Gasteiger charge is 2.25. The zero-order chi connectivity index (χ0) is 20.9. The Hall–Kier alpha value is -2.89. The molecule has 0 aliphatic carbocycles. The number of piperidine rings is 1. The molecule has 0 bridgehead atoms. The maximum Gasteiger partial charge on any atom is 0.253 e. The molecule has 2 aromatic carbocycles. The number of benzene rings is 2. The Morgan fingerprint density at radius 1 is 0.900 bits per heavy atom. The number of carbonyl (C=O) groups is 2. The minimum atomic E-state index is -0.345. The molecular formula is C24H27FN2O3. The first-order valence-electron chi connectivity index (χ1n) is 10.7. The molecule has 2 aliphatic rings. The van der Waals surface area contributed by atoms with Crippen LogP contribution in [-0.4, -0.2) is 54.4 Å². The molecule has 2 fully saturated rings. The van der Waals surface area contributed by atoms with Crippen LogP contribution in [0.5, 0.6) is 5.75 Å². The van der Waals surface area contributed by atoms with Crippen LogP contribution in [-0.2, 0) is 0 Å². The minimum absolute atomic E-state index is 0.0617. The molecule has 6 heteroatoms. The highest BCUT2D eigenvalue weighted by Crippen LogP contribution is 2.22. The highest BCUT2D eigenvalue weighted by atomic mass is 19.1. The third kappa shape index (κ3) is 4.81. The summed E-state index contributed by atoms with van der Waals surface area (Å²) >= 11 is 0. The quantitative estimate of drug-likeness (QED) is 0.749. The van der Waals surface area contributed by atoms with E-state index in [9.17, 15) is 14.0 Å². The number of rotatable bonds is 5. The van der Waals surface area contributed by atoms with Crippen LogP contribution >= 0.6 is 0 Å². The van der Waals surface area contributed by atoms with Gasteiger partial charge >= 0.3 is 0 Å². The fourth-order valence-corrected chi connectivity index (χ4v) is 4.20. The molecule has 2 heterocycles. The van der Waals surface area contributed by atoms with E-state index in [1.165, 1.54) is 24.3 Å². The second kappa shape index (κ2) is 9.28. The third-order valence-corrected chi connectivity index (χ3v) is 5.86. The summed E-state index contributed by atoms with van der Waals surface area (Å²) in [5.74, 6) is 0.551. The molecule has 0 unspecified atom stereocenters. The summed E-state index contributed by atoms with van der Waals surface area (Å²) < 4.78 is 19.1. The first-order valence-corrected chi connectivity index (χ1v) is 10.7. The van der Waals surface area contributed by atoms with Gasteiger partial charge in [0.1, 0.15) is 11.6 Å². The third-order valence-electron chi connectivity index (χ3n) is 5.86. The zero-order valence-electron chi connectivity index (χ0n) is 17.1. The summed E-state index contributed by atoms with van der Waals surface area (Å²) in [4.78, 5) is 29.0. The standard InChI is InChI=1S/C24H27FN2O3/c25-21-10-8-19(9-11-21)23(28)27-14-4-5-18(16-27)17-30-22-7-3-6-20(15-22)24(29)26-12-1-2-13-26/h3,6-11,15,18H,1-2,4-5,12-14,16-17H2/t18-/m1/s1. The van der Waals surface area contributed by atoms with E-state index in [0.29, 0.717) is 36.6 Å². The van der Waals surface area contributed by atoms with Crippen molar-refractivity contribution in [1.29, 1.82) is 0 Å². The Balaban J connectivity index is 1.33. The van der Waals surface area contributed by atoms with E-state index in [1.54, 1.807) is 0 Å². The summed E-state index contributed by atoms with van der Waals surface area (Å²) in [6, 6.07) is 13.0. The molecule has 30 heavy (non-hydrogen) atoms. The molecule has 0 radical (unpaired) electrons. The average molecular weight is 410 g/mol. The van der Waals surface area contributed by atoms with Crippen LogP contribution < -0.4 is 4.74 Å². The van der Waals surface area contributed by atoms with Crippen LogP contribution in [0, 0.1) is 11.7 Å². The van der Waals surface area contributed by atoms with Crippen LogP contribution in [0.15, 0.2) is 48.5 Å². The van der Waals surface area contributed by atoms with E-state index < -0.39 is 0 Å². The number of ether oxygens (including phenoxy) is 1. The fraction of sp³-hybridized carbons (Fsp3) is 0.417. The van der Waals surface area contributed by atoms with Crippen molar-refractivity contribution < 1.29 is 18.7 Å². The first kappa shape index (κ1) is 20.4. The molecule has 5 nitrogen and oxygen atoms in total. The molecule has 2 aliphatic heterocycles. The predicted octanol–water partition coefficient (Wildman–Crippen LogP) is 3.99. The molecule has 2 amide bonds. The van der Waals surface area contributed by atoms with Crippen molar-refractivity contribution in [2.75, 3.05) is 32.8 Å². The van der Waals surface area contributed by atoms with Crippen LogP contribution in [0.4, 0.5) is 4.39 Å². The number of hydrogen-bond donors (Lipinski definition) is 0. The fourth-order valence-electron chi connectivity index (χ4n) is 4.20.